The smallest absolute Gasteiger partial charge is 0.338 e. The number of aryl methyl sites for hydroxylation is 1. The number of ether oxygens (including phenoxy) is 2. The molecule has 1 aliphatic rings. The highest BCUT2D eigenvalue weighted by Gasteiger charge is 2.36. The quantitative estimate of drug-likeness (QED) is 0.636. The number of rotatable bonds is 8. The predicted octanol–water partition coefficient (Wildman–Crippen LogP) is 3.10. The average molecular weight is 438 g/mol. The van der Waals surface area contributed by atoms with E-state index >= 15 is 0 Å². The van der Waals surface area contributed by atoms with Gasteiger partial charge in [0, 0.05) is 24.3 Å². The third-order valence-corrected chi connectivity index (χ3v) is 4.99. The van der Waals surface area contributed by atoms with Crippen LogP contribution in [-0.2, 0) is 23.9 Å². The number of benzene rings is 2. The fourth-order valence-corrected chi connectivity index (χ4v) is 3.26. The molecule has 8 heteroatoms. The topological polar surface area (TPSA) is 102 Å². The molecule has 0 bridgehead atoms. The molecule has 168 valence electrons. The van der Waals surface area contributed by atoms with Crippen molar-refractivity contribution in [1.29, 1.82) is 0 Å². The molecule has 0 aromatic heterocycles. The fourth-order valence-electron chi connectivity index (χ4n) is 3.26. The molecule has 2 aromatic rings. The van der Waals surface area contributed by atoms with Crippen LogP contribution in [0.5, 0.6) is 0 Å². The minimum Gasteiger partial charge on any atom is -0.462 e. The van der Waals surface area contributed by atoms with Crippen molar-refractivity contribution in [2.24, 2.45) is 5.92 Å². The van der Waals surface area contributed by atoms with Gasteiger partial charge in [0.1, 0.15) is 0 Å². The van der Waals surface area contributed by atoms with Crippen molar-refractivity contribution in [2.75, 3.05) is 30.0 Å². The molecule has 0 unspecified atom stereocenters. The number of esters is 2. The maximum atomic E-state index is 12.4. The van der Waals surface area contributed by atoms with E-state index in [0.29, 0.717) is 17.9 Å². The Hall–Kier alpha value is -3.68. The molecule has 1 saturated heterocycles. The number of nitrogens with zero attached hydrogens (tertiary/aromatic N) is 1. The molecule has 3 rings (SSSR count). The molecule has 32 heavy (non-hydrogen) atoms. The third kappa shape index (κ3) is 5.94. The van der Waals surface area contributed by atoms with Crippen LogP contribution in [0, 0.1) is 12.8 Å². The molecule has 0 radical (unpaired) electrons. The van der Waals surface area contributed by atoms with Crippen molar-refractivity contribution >= 4 is 35.1 Å². The summed E-state index contributed by atoms with van der Waals surface area (Å²) < 4.78 is 10.2. The molecule has 1 fully saturated rings. The number of hydrogen-bond donors (Lipinski definition) is 1. The van der Waals surface area contributed by atoms with Crippen molar-refractivity contribution in [3.05, 3.63) is 59.7 Å². The van der Waals surface area contributed by atoms with E-state index in [9.17, 15) is 19.2 Å². The summed E-state index contributed by atoms with van der Waals surface area (Å²) in [6.45, 7) is 3.96. The Morgan fingerprint density at radius 1 is 1.03 bits per heavy atom. The van der Waals surface area contributed by atoms with Gasteiger partial charge in [-0.3, -0.25) is 14.4 Å². The highest BCUT2D eigenvalue weighted by molar-refractivity contribution is 6.00. The van der Waals surface area contributed by atoms with Crippen LogP contribution in [0.3, 0.4) is 0 Å². The van der Waals surface area contributed by atoms with E-state index in [-0.39, 0.29) is 18.9 Å². The Labute approximate surface area is 186 Å². The van der Waals surface area contributed by atoms with Crippen molar-refractivity contribution in [3.8, 4) is 0 Å². The summed E-state index contributed by atoms with van der Waals surface area (Å²) in [7, 11) is 0. The van der Waals surface area contributed by atoms with Crippen LogP contribution in [0.1, 0.15) is 35.7 Å². The number of amides is 2. The molecular weight excluding hydrogens is 412 g/mol. The summed E-state index contributed by atoms with van der Waals surface area (Å²) in [6, 6.07) is 13.7. The molecule has 0 spiro atoms. The summed E-state index contributed by atoms with van der Waals surface area (Å²) >= 11 is 0. The number of carbonyl (C=O) groups excluding carboxylic acids is 4. The monoisotopic (exact) mass is 438 g/mol. The normalized spacial score (nSPS) is 15.4. The summed E-state index contributed by atoms with van der Waals surface area (Å²) in [5.41, 5.74) is 2.65. The Morgan fingerprint density at radius 3 is 2.38 bits per heavy atom. The molecule has 2 amide bonds. The van der Waals surface area contributed by atoms with Gasteiger partial charge in [-0.25, -0.2) is 4.79 Å². The second kappa shape index (κ2) is 10.6. The van der Waals surface area contributed by atoms with Crippen LogP contribution >= 0.6 is 0 Å². The van der Waals surface area contributed by atoms with E-state index in [1.54, 1.807) is 29.2 Å². The van der Waals surface area contributed by atoms with E-state index < -0.39 is 30.4 Å². The first kappa shape index (κ1) is 23.0. The Morgan fingerprint density at radius 2 is 1.72 bits per heavy atom. The first-order valence-electron chi connectivity index (χ1n) is 10.5. The maximum absolute atomic E-state index is 12.4. The lowest BCUT2D eigenvalue weighted by Crippen LogP contribution is -2.28. The van der Waals surface area contributed by atoms with Crippen LogP contribution in [0.4, 0.5) is 11.4 Å². The minimum atomic E-state index is -0.620. The summed E-state index contributed by atoms with van der Waals surface area (Å²) in [5, 5.41) is 2.60. The Balaban J connectivity index is 1.46. The van der Waals surface area contributed by atoms with Crippen LogP contribution in [0.2, 0.25) is 0 Å². The summed E-state index contributed by atoms with van der Waals surface area (Å²) in [5.74, 6) is -2.30. The highest BCUT2D eigenvalue weighted by atomic mass is 16.5. The zero-order chi connectivity index (χ0) is 23.1. The van der Waals surface area contributed by atoms with Gasteiger partial charge in [0.25, 0.3) is 5.91 Å². The number of carbonyl (C=O) groups is 4. The second-order valence-corrected chi connectivity index (χ2v) is 7.61. The van der Waals surface area contributed by atoms with Crippen molar-refractivity contribution < 1.29 is 28.7 Å². The molecule has 1 heterocycles. The molecule has 1 N–H and O–H groups in total. The molecule has 1 aliphatic heterocycles. The SMILES string of the molecule is CCCOC(=O)c1ccc(NC(=O)COC(=O)[C@@H]2CC(=O)N(c3ccc(C)cc3)C2)cc1. The molecule has 8 nitrogen and oxygen atoms in total. The largest absolute Gasteiger partial charge is 0.462 e. The van der Waals surface area contributed by atoms with Gasteiger partial charge in [0.2, 0.25) is 5.91 Å². The number of hydrogen-bond acceptors (Lipinski definition) is 6. The lowest BCUT2D eigenvalue weighted by Gasteiger charge is -2.16. The van der Waals surface area contributed by atoms with Crippen LogP contribution in [0.15, 0.2) is 48.5 Å². The van der Waals surface area contributed by atoms with Crippen molar-refractivity contribution in [3.63, 3.8) is 0 Å². The second-order valence-electron chi connectivity index (χ2n) is 7.61. The van der Waals surface area contributed by atoms with E-state index in [2.05, 4.69) is 5.32 Å². The first-order valence-corrected chi connectivity index (χ1v) is 10.5. The molecular formula is C24H26N2O6. The number of nitrogens with one attached hydrogen (secondary N) is 1. The van der Waals surface area contributed by atoms with Gasteiger partial charge in [-0.05, 0) is 49.7 Å². The average Bonchev–Trinajstić information content (AvgIpc) is 3.18. The third-order valence-electron chi connectivity index (χ3n) is 4.99. The van der Waals surface area contributed by atoms with E-state index in [1.807, 2.05) is 38.1 Å². The van der Waals surface area contributed by atoms with Crippen LogP contribution < -0.4 is 10.2 Å². The maximum Gasteiger partial charge on any atom is 0.338 e. The van der Waals surface area contributed by atoms with Gasteiger partial charge in [-0.15, -0.1) is 0 Å². The van der Waals surface area contributed by atoms with E-state index in [0.717, 1.165) is 17.7 Å². The van der Waals surface area contributed by atoms with Crippen LogP contribution in [-0.4, -0.2) is 43.5 Å². The Kier molecular flexibility index (Phi) is 7.59. The van der Waals surface area contributed by atoms with Gasteiger partial charge in [-0.1, -0.05) is 24.6 Å². The molecule has 0 saturated carbocycles. The lowest BCUT2D eigenvalue weighted by molar-refractivity contribution is -0.151. The minimum absolute atomic E-state index is 0.0456. The standard InChI is InChI=1S/C24H26N2O6/c1-3-12-31-23(29)17-6-8-19(9-7-17)25-21(27)15-32-24(30)18-13-22(28)26(14-18)20-10-4-16(2)5-11-20/h4-11,18H,3,12-15H2,1-2H3,(H,25,27)/t18-/m1/s1. The van der Waals surface area contributed by atoms with Crippen LogP contribution in [0.25, 0.3) is 0 Å². The molecule has 2 aromatic carbocycles. The molecule has 1 atom stereocenters. The number of anilines is 2. The fraction of sp³-hybridized carbons (Fsp3) is 0.333. The predicted molar refractivity (Wildman–Crippen MR) is 118 cm³/mol. The van der Waals surface area contributed by atoms with Crippen molar-refractivity contribution in [1.82, 2.24) is 0 Å². The van der Waals surface area contributed by atoms with Gasteiger partial charge in [0.15, 0.2) is 6.61 Å². The zero-order valence-electron chi connectivity index (χ0n) is 18.1. The summed E-state index contributed by atoms with van der Waals surface area (Å²) in [4.78, 5) is 50.1. The summed E-state index contributed by atoms with van der Waals surface area (Å²) in [6.07, 6.45) is 0.779. The van der Waals surface area contributed by atoms with Gasteiger partial charge in [0.05, 0.1) is 18.1 Å². The first-order chi connectivity index (χ1) is 15.4. The Bertz CT molecular complexity index is 985. The lowest BCUT2D eigenvalue weighted by atomic mass is 10.1. The molecule has 0 aliphatic carbocycles. The van der Waals surface area contributed by atoms with Crippen molar-refractivity contribution in [2.45, 2.75) is 26.7 Å². The van der Waals surface area contributed by atoms with Gasteiger partial charge >= 0.3 is 11.9 Å². The highest BCUT2D eigenvalue weighted by Crippen LogP contribution is 2.26. The van der Waals surface area contributed by atoms with E-state index in [4.69, 9.17) is 9.47 Å². The van der Waals surface area contributed by atoms with Gasteiger partial charge in [-0.2, -0.15) is 0 Å². The zero-order valence-corrected chi connectivity index (χ0v) is 18.1. The van der Waals surface area contributed by atoms with Gasteiger partial charge < -0.3 is 19.7 Å². The van der Waals surface area contributed by atoms with E-state index in [1.165, 1.54) is 0 Å².